The van der Waals surface area contributed by atoms with Crippen LogP contribution in [-0.4, -0.2) is 25.0 Å². The normalized spacial score (nSPS) is 28.2. The highest BCUT2D eigenvalue weighted by Gasteiger charge is 2.47. The van der Waals surface area contributed by atoms with Gasteiger partial charge in [-0.3, -0.25) is 4.79 Å². The van der Waals surface area contributed by atoms with Gasteiger partial charge in [0.1, 0.15) is 23.2 Å². The Morgan fingerprint density at radius 3 is 2.25 bits per heavy atom. The molecule has 3 aliphatic rings. The predicted octanol–water partition coefficient (Wildman–Crippen LogP) is 5.70. The summed E-state index contributed by atoms with van der Waals surface area (Å²) in [6.45, 7) is 0.488. The average molecular weight is 440 g/mol. The molecule has 1 unspecified atom stereocenters. The van der Waals surface area contributed by atoms with Crippen molar-refractivity contribution in [2.45, 2.75) is 56.9 Å². The van der Waals surface area contributed by atoms with Crippen LogP contribution in [0.5, 0.6) is 5.75 Å². The highest BCUT2D eigenvalue weighted by molar-refractivity contribution is 5.84. The highest BCUT2D eigenvalue weighted by atomic mass is 19.1. The number of methoxy groups -OCH3 is 1. The largest absolute Gasteiger partial charge is 0.497 e. The van der Waals surface area contributed by atoms with Gasteiger partial charge in [-0.2, -0.15) is 0 Å². The van der Waals surface area contributed by atoms with Crippen molar-refractivity contribution < 1.29 is 18.3 Å². The van der Waals surface area contributed by atoms with Gasteiger partial charge >= 0.3 is 0 Å². The highest BCUT2D eigenvalue weighted by Crippen LogP contribution is 2.47. The maximum Gasteiger partial charge on any atom is 0.150 e. The number of rotatable bonds is 5. The number of benzene rings is 2. The molecule has 0 aromatic heterocycles. The van der Waals surface area contributed by atoms with Crippen molar-refractivity contribution in [1.82, 2.24) is 5.32 Å². The van der Waals surface area contributed by atoms with Crippen LogP contribution in [0.15, 0.2) is 36.4 Å². The van der Waals surface area contributed by atoms with Gasteiger partial charge < -0.3 is 10.1 Å². The van der Waals surface area contributed by atoms with Gasteiger partial charge in [-0.25, -0.2) is 8.78 Å². The Kier molecular flexibility index (Phi) is 5.79. The fourth-order valence-corrected chi connectivity index (χ4v) is 5.79. The molecule has 0 bridgehead atoms. The Morgan fingerprint density at radius 1 is 1.00 bits per heavy atom. The number of Topliss-reactive ketones (excluding diaryl/α,β-unsaturated/α-hetero) is 1. The number of hydrogen-bond donors (Lipinski definition) is 1. The Labute approximate surface area is 188 Å². The molecule has 1 atom stereocenters. The number of carbonyl (C=O) groups is 1. The van der Waals surface area contributed by atoms with Crippen LogP contribution in [0.2, 0.25) is 0 Å². The quantitative estimate of drug-likeness (QED) is 0.649. The van der Waals surface area contributed by atoms with E-state index < -0.39 is 11.6 Å². The zero-order valence-corrected chi connectivity index (χ0v) is 18.6. The smallest absolute Gasteiger partial charge is 0.150 e. The Hall–Kier alpha value is -2.27. The second-order valence-corrected chi connectivity index (χ2v) is 10.0. The van der Waals surface area contributed by atoms with Crippen LogP contribution in [0.25, 0.3) is 11.1 Å². The zero-order valence-electron chi connectivity index (χ0n) is 18.6. The van der Waals surface area contributed by atoms with Crippen LogP contribution < -0.4 is 10.1 Å². The lowest BCUT2D eigenvalue weighted by atomic mass is 9.68. The molecule has 2 aromatic carbocycles. The van der Waals surface area contributed by atoms with Gasteiger partial charge in [-0.05, 0) is 98.6 Å². The summed E-state index contributed by atoms with van der Waals surface area (Å²) in [5.74, 6) is 1.26. The van der Waals surface area contributed by atoms with E-state index in [4.69, 9.17) is 4.74 Å². The number of hydrogen-bond acceptors (Lipinski definition) is 3. The van der Waals surface area contributed by atoms with E-state index in [2.05, 4.69) is 5.32 Å². The molecule has 0 amide bonds. The molecule has 32 heavy (non-hydrogen) atoms. The van der Waals surface area contributed by atoms with Crippen molar-refractivity contribution in [3.8, 4) is 16.9 Å². The van der Waals surface area contributed by atoms with Gasteiger partial charge in [0.05, 0.1) is 13.7 Å². The van der Waals surface area contributed by atoms with Gasteiger partial charge in [0.15, 0.2) is 0 Å². The van der Waals surface area contributed by atoms with Crippen molar-refractivity contribution in [2.75, 3.05) is 13.7 Å². The van der Waals surface area contributed by atoms with Crippen LogP contribution in [0.4, 0.5) is 8.78 Å². The second-order valence-electron chi connectivity index (χ2n) is 10.0. The maximum atomic E-state index is 14.9. The van der Waals surface area contributed by atoms with E-state index in [1.807, 2.05) is 12.1 Å². The lowest BCUT2D eigenvalue weighted by Crippen LogP contribution is -2.56. The average Bonchev–Trinajstić information content (AvgIpc) is 3.65. The molecule has 2 saturated carbocycles. The van der Waals surface area contributed by atoms with E-state index in [1.54, 1.807) is 19.2 Å². The maximum absolute atomic E-state index is 14.9. The summed E-state index contributed by atoms with van der Waals surface area (Å²) in [7, 11) is 1.59. The van der Waals surface area contributed by atoms with Crippen molar-refractivity contribution in [2.24, 2.45) is 17.8 Å². The molecule has 1 spiro atoms. The monoisotopic (exact) mass is 439 g/mol. The lowest BCUT2D eigenvalue weighted by Gasteiger charge is -2.46. The van der Waals surface area contributed by atoms with Crippen LogP contribution in [0, 0.1) is 29.4 Å². The molecule has 2 aromatic rings. The predicted molar refractivity (Wildman–Crippen MR) is 121 cm³/mol. The zero-order chi connectivity index (χ0) is 22.3. The SMILES string of the molecule is COc1ccc(-c2cc(F)c(CC3CCC4(CC3)CC(C3CC3)C(=O)CN4)c(F)c2)cc1. The third kappa shape index (κ3) is 4.32. The first kappa shape index (κ1) is 21.6. The summed E-state index contributed by atoms with van der Waals surface area (Å²) in [5, 5.41) is 3.53. The van der Waals surface area contributed by atoms with Gasteiger partial charge in [0, 0.05) is 17.0 Å². The first-order valence-corrected chi connectivity index (χ1v) is 11.9. The minimum absolute atomic E-state index is 0.0486. The molecule has 0 radical (unpaired) electrons. The number of nitrogens with one attached hydrogen (secondary N) is 1. The van der Waals surface area contributed by atoms with Gasteiger partial charge in [-0.1, -0.05) is 12.1 Å². The first-order valence-electron chi connectivity index (χ1n) is 11.9. The molecule has 5 heteroatoms. The van der Waals surface area contributed by atoms with Crippen molar-refractivity contribution in [3.05, 3.63) is 53.6 Å². The van der Waals surface area contributed by atoms with Gasteiger partial charge in [0.25, 0.3) is 0 Å². The van der Waals surface area contributed by atoms with E-state index in [-0.39, 0.29) is 22.9 Å². The van der Waals surface area contributed by atoms with Crippen molar-refractivity contribution in [1.29, 1.82) is 0 Å². The van der Waals surface area contributed by atoms with E-state index >= 15 is 0 Å². The van der Waals surface area contributed by atoms with E-state index in [0.29, 0.717) is 36.0 Å². The summed E-state index contributed by atoms with van der Waals surface area (Å²) in [6.07, 6.45) is 7.63. The van der Waals surface area contributed by atoms with E-state index in [1.165, 1.54) is 25.0 Å². The molecule has 170 valence electrons. The summed E-state index contributed by atoms with van der Waals surface area (Å²) in [4.78, 5) is 12.3. The van der Waals surface area contributed by atoms with Crippen LogP contribution in [0.3, 0.4) is 0 Å². The van der Waals surface area contributed by atoms with Gasteiger partial charge in [-0.15, -0.1) is 0 Å². The molecule has 3 fully saturated rings. The molecule has 1 aliphatic heterocycles. The molecule has 2 aliphatic carbocycles. The second kappa shape index (κ2) is 8.58. The Morgan fingerprint density at radius 2 is 1.66 bits per heavy atom. The molecular weight excluding hydrogens is 408 g/mol. The summed E-state index contributed by atoms with van der Waals surface area (Å²) in [6, 6.07) is 10.1. The van der Waals surface area contributed by atoms with Crippen molar-refractivity contribution in [3.63, 3.8) is 0 Å². The first-order chi connectivity index (χ1) is 15.5. The Balaban J connectivity index is 1.24. The molecule has 1 N–H and O–H groups in total. The number of ether oxygens (including phenoxy) is 1. The summed E-state index contributed by atoms with van der Waals surface area (Å²) >= 11 is 0. The van der Waals surface area contributed by atoms with Crippen LogP contribution in [-0.2, 0) is 11.2 Å². The van der Waals surface area contributed by atoms with Crippen LogP contribution >= 0.6 is 0 Å². The number of piperidine rings is 1. The third-order valence-electron chi connectivity index (χ3n) is 7.97. The van der Waals surface area contributed by atoms with Crippen molar-refractivity contribution >= 4 is 5.78 Å². The number of halogens is 2. The minimum atomic E-state index is -0.466. The fraction of sp³-hybridized carbons (Fsp3) is 0.519. The number of carbonyl (C=O) groups excluding carboxylic acids is 1. The van der Waals surface area contributed by atoms with Gasteiger partial charge in [0.2, 0.25) is 0 Å². The summed E-state index contributed by atoms with van der Waals surface area (Å²) < 4.78 is 35.0. The molecule has 1 saturated heterocycles. The molecule has 3 nitrogen and oxygen atoms in total. The molecular formula is C27H31F2NO2. The molecule has 5 rings (SSSR count). The minimum Gasteiger partial charge on any atom is -0.497 e. The molecule has 1 heterocycles. The van der Waals surface area contributed by atoms with Crippen LogP contribution in [0.1, 0.15) is 50.5 Å². The fourth-order valence-electron chi connectivity index (χ4n) is 5.79. The summed E-state index contributed by atoms with van der Waals surface area (Å²) in [5.41, 5.74) is 1.55. The number of ketones is 1. The Bertz CT molecular complexity index is 968. The van der Waals surface area contributed by atoms with E-state index in [0.717, 1.165) is 37.7 Å². The van der Waals surface area contributed by atoms with E-state index in [9.17, 15) is 13.6 Å². The topological polar surface area (TPSA) is 38.3 Å². The standard InChI is InChI=1S/C27H31F2NO2/c1-32-21-6-4-18(5-7-21)20-13-24(28)22(25(29)14-20)12-17-8-10-27(11-9-17)15-23(19-2-3-19)26(31)16-30-27/h4-7,13-14,17,19,23,30H,2-3,8-12,15-16H2,1H3. The third-order valence-corrected chi connectivity index (χ3v) is 7.97. The lowest BCUT2D eigenvalue weighted by molar-refractivity contribution is -0.126.